The predicted octanol–water partition coefficient (Wildman–Crippen LogP) is 5.07. The van der Waals surface area contributed by atoms with Crippen molar-refractivity contribution in [2.24, 2.45) is 0 Å². The van der Waals surface area contributed by atoms with Gasteiger partial charge in [-0.3, -0.25) is 4.79 Å². The van der Waals surface area contributed by atoms with Gasteiger partial charge >= 0.3 is 5.97 Å². The monoisotopic (exact) mass is 504 g/mol. The standard InChI is InChI=1S/C25H29ClN2O5S/c1-5-21-22(27(3)16-25(29)30)7-6-8-23(21)28(4)34(31,32)20-13-14-24(17(2)15-20)33-19-11-9-18(26)10-12-19/h5,9-15,23H,1,6-8,16H2,2-4H3,(H,29,30)/t23-/m1/s1. The smallest absolute Gasteiger partial charge is 0.323 e. The highest BCUT2D eigenvalue weighted by molar-refractivity contribution is 7.89. The average Bonchev–Trinajstić information content (AvgIpc) is 2.80. The van der Waals surface area contributed by atoms with E-state index in [0.717, 1.165) is 17.7 Å². The highest BCUT2D eigenvalue weighted by Crippen LogP contribution is 2.34. The number of sulfonamides is 1. The summed E-state index contributed by atoms with van der Waals surface area (Å²) in [6.07, 6.45) is 3.68. The zero-order valence-electron chi connectivity index (χ0n) is 19.5. The van der Waals surface area contributed by atoms with Crippen LogP contribution in [-0.4, -0.2) is 55.4 Å². The Hall–Kier alpha value is -2.81. The van der Waals surface area contributed by atoms with Gasteiger partial charge in [0.2, 0.25) is 10.0 Å². The van der Waals surface area contributed by atoms with E-state index in [9.17, 15) is 13.2 Å². The van der Waals surface area contributed by atoms with Crippen LogP contribution in [-0.2, 0) is 14.8 Å². The first kappa shape index (κ1) is 25.8. The van der Waals surface area contributed by atoms with Crippen LogP contribution in [0.25, 0.3) is 0 Å². The van der Waals surface area contributed by atoms with Crippen LogP contribution in [0.15, 0.2) is 71.3 Å². The molecule has 34 heavy (non-hydrogen) atoms. The van der Waals surface area contributed by atoms with E-state index in [1.165, 1.54) is 10.4 Å². The molecular weight excluding hydrogens is 476 g/mol. The summed E-state index contributed by atoms with van der Waals surface area (Å²) in [6.45, 7) is 5.50. The molecule has 1 atom stereocenters. The van der Waals surface area contributed by atoms with E-state index in [2.05, 4.69) is 6.58 Å². The molecule has 0 radical (unpaired) electrons. The topological polar surface area (TPSA) is 87.2 Å². The first-order chi connectivity index (χ1) is 16.0. The molecule has 2 aromatic rings. The van der Waals surface area contributed by atoms with Gasteiger partial charge in [-0.1, -0.05) is 24.3 Å². The fourth-order valence-electron chi connectivity index (χ4n) is 4.16. The van der Waals surface area contributed by atoms with Crippen LogP contribution in [0.4, 0.5) is 0 Å². The van der Waals surface area contributed by atoms with Crippen molar-refractivity contribution in [1.29, 1.82) is 0 Å². The van der Waals surface area contributed by atoms with E-state index in [-0.39, 0.29) is 11.4 Å². The number of rotatable bonds is 9. The summed E-state index contributed by atoms with van der Waals surface area (Å²) in [5, 5.41) is 9.77. The summed E-state index contributed by atoms with van der Waals surface area (Å²) in [4.78, 5) is 13.0. The van der Waals surface area contributed by atoms with Crippen molar-refractivity contribution in [2.75, 3.05) is 20.6 Å². The number of hydrogen-bond donors (Lipinski definition) is 1. The van der Waals surface area contributed by atoms with Crippen LogP contribution in [0.3, 0.4) is 0 Å². The van der Waals surface area contributed by atoms with E-state index in [1.807, 2.05) is 0 Å². The van der Waals surface area contributed by atoms with E-state index < -0.39 is 22.0 Å². The van der Waals surface area contributed by atoms with E-state index in [4.69, 9.17) is 21.4 Å². The number of aliphatic carboxylic acids is 1. The fraction of sp³-hybridized carbons (Fsp3) is 0.320. The number of carbonyl (C=O) groups is 1. The molecule has 0 saturated heterocycles. The first-order valence-electron chi connectivity index (χ1n) is 10.8. The van der Waals surface area contributed by atoms with Gasteiger partial charge in [0.1, 0.15) is 18.0 Å². The first-order valence-corrected chi connectivity index (χ1v) is 12.7. The number of allylic oxidation sites excluding steroid dienone is 1. The molecule has 7 nitrogen and oxygen atoms in total. The van der Waals surface area contributed by atoms with Crippen molar-refractivity contribution in [3.63, 3.8) is 0 Å². The number of carboxylic acid groups (broad SMARTS) is 1. The van der Waals surface area contributed by atoms with Gasteiger partial charge in [0.15, 0.2) is 0 Å². The van der Waals surface area contributed by atoms with Crippen LogP contribution >= 0.6 is 11.6 Å². The lowest BCUT2D eigenvalue weighted by Gasteiger charge is -2.36. The Morgan fingerprint density at radius 1 is 1.24 bits per heavy atom. The largest absolute Gasteiger partial charge is 0.480 e. The number of hydrogen-bond acceptors (Lipinski definition) is 5. The second-order valence-electron chi connectivity index (χ2n) is 8.27. The van der Waals surface area contributed by atoms with Gasteiger partial charge in [0.05, 0.1) is 10.9 Å². The van der Waals surface area contributed by atoms with E-state index in [0.29, 0.717) is 34.9 Å². The molecule has 0 aromatic heterocycles. The second-order valence-corrected chi connectivity index (χ2v) is 10.7. The number of ether oxygens (including phenoxy) is 1. The number of benzene rings is 2. The van der Waals surface area contributed by atoms with Crippen molar-refractivity contribution in [3.05, 3.63) is 77.0 Å². The number of aryl methyl sites for hydroxylation is 1. The predicted molar refractivity (Wildman–Crippen MR) is 133 cm³/mol. The van der Waals surface area contributed by atoms with Crippen molar-refractivity contribution >= 4 is 27.6 Å². The van der Waals surface area contributed by atoms with Crippen molar-refractivity contribution in [1.82, 2.24) is 9.21 Å². The number of nitrogens with zero attached hydrogens (tertiary/aromatic N) is 2. The zero-order chi connectivity index (χ0) is 25.0. The third kappa shape index (κ3) is 5.63. The second kappa shape index (κ2) is 10.6. The summed E-state index contributed by atoms with van der Waals surface area (Å²) in [7, 11) is -0.574. The van der Waals surface area contributed by atoms with Gasteiger partial charge in [-0.05, 0) is 79.8 Å². The SMILES string of the molecule is C=CC1=C(N(C)CC(=O)O)CCC[C@H]1N(C)S(=O)(=O)c1ccc(Oc2ccc(Cl)cc2)c(C)c1. The molecule has 1 aliphatic rings. The van der Waals surface area contributed by atoms with E-state index >= 15 is 0 Å². The van der Waals surface area contributed by atoms with Gasteiger partial charge in [0.25, 0.3) is 0 Å². The number of carboxylic acids is 1. The molecular formula is C25H29ClN2O5S. The minimum atomic E-state index is -3.83. The van der Waals surface area contributed by atoms with Gasteiger partial charge in [0, 0.05) is 24.8 Å². The molecule has 1 aliphatic carbocycles. The molecule has 0 amide bonds. The Kier molecular flexibility index (Phi) is 8.07. The van der Waals surface area contributed by atoms with Gasteiger partial charge in [-0.25, -0.2) is 8.42 Å². The molecule has 0 spiro atoms. The Bertz CT molecular complexity index is 1210. The fourth-order valence-corrected chi connectivity index (χ4v) is 5.73. The number of likely N-dealkylation sites (N-methyl/N-ethyl adjacent to an activating group) is 2. The minimum absolute atomic E-state index is 0.158. The highest BCUT2D eigenvalue weighted by Gasteiger charge is 2.34. The van der Waals surface area contributed by atoms with Gasteiger partial charge in [-0.15, -0.1) is 0 Å². The third-order valence-corrected chi connectivity index (χ3v) is 8.05. The molecule has 0 bridgehead atoms. The van der Waals surface area contributed by atoms with Crippen LogP contribution in [0.5, 0.6) is 11.5 Å². The Morgan fingerprint density at radius 3 is 2.50 bits per heavy atom. The number of halogens is 1. The maximum Gasteiger partial charge on any atom is 0.323 e. The molecule has 0 heterocycles. The highest BCUT2D eigenvalue weighted by atomic mass is 35.5. The minimum Gasteiger partial charge on any atom is -0.480 e. The molecule has 3 rings (SSSR count). The Labute approximate surface area is 206 Å². The van der Waals surface area contributed by atoms with Crippen LogP contribution in [0.1, 0.15) is 24.8 Å². The van der Waals surface area contributed by atoms with Crippen molar-refractivity contribution in [2.45, 2.75) is 37.1 Å². The van der Waals surface area contributed by atoms with Gasteiger partial charge < -0.3 is 14.7 Å². The van der Waals surface area contributed by atoms with Crippen LogP contribution in [0, 0.1) is 6.92 Å². The summed E-state index contributed by atoms with van der Waals surface area (Å²) >= 11 is 5.91. The summed E-state index contributed by atoms with van der Waals surface area (Å²) in [5.74, 6) is 0.199. The molecule has 9 heteroatoms. The maximum atomic E-state index is 13.5. The molecule has 2 aromatic carbocycles. The van der Waals surface area contributed by atoms with Crippen LogP contribution < -0.4 is 4.74 Å². The summed E-state index contributed by atoms with van der Waals surface area (Å²) < 4.78 is 34.3. The third-order valence-electron chi connectivity index (χ3n) is 5.94. The molecule has 1 N–H and O–H groups in total. The molecule has 0 aliphatic heterocycles. The maximum absolute atomic E-state index is 13.5. The molecule has 0 saturated carbocycles. The average molecular weight is 505 g/mol. The Balaban J connectivity index is 1.88. The lowest BCUT2D eigenvalue weighted by molar-refractivity contribution is -0.137. The zero-order valence-corrected chi connectivity index (χ0v) is 21.1. The van der Waals surface area contributed by atoms with E-state index in [1.54, 1.807) is 68.4 Å². The normalized spacial score (nSPS) is 16.4. The summed E-state index contributed by atoms with van der Waals surface area (Å²) in [6, 6.07) is 11.2. The molecule has 0 fully saturated rings. The van der Waals surface area contributed by atoms with Crippen molar-refractivity contribution < 1.29 is 23.1 Å². The Morgan fingerprint density at radius 2 is 1.91 bits per heavy atom. The summed E-state index contributed by atoms with van der Waals surface area (Å²) in [5.41, 5.74) is 2.22. The quantitative estimate of drug-likeness (QED) is 0.513. The molecule has 182 valence electrons. The van der Waals surface area contributed by atoms with Gasteiger partial charge in [-0.2, -0.15) is 4.31 Å². The lowest BCUT2D eigenvalue weighted by Crippen LogP contribution is -2.41. The van der Waals surface area contributed by atoms with Crippen LogP contribution in [0.2, 0.25) is 5.02 Å². The molecule has 0 unspecified atom stereocenters. The lowest BCUT2D eigenvalue weighted by atomic mass is 9.90. The van der Waals surface area contributed by atoms with Crippen molar-refractivity contribution in [3.8, 4) is 11.5 Å².